The minimum absolute atomic E-state index is 0.254. The maximum Gasteiger partial charge on any atom is 0.162 e. The van der Waals surface area contributed by atoms with Crippen molar-refractivity contribution in [2.45, 2.75) is 18.9 Å². The first-order chi connectivity index (χ1) is 7.03. The van der Waals surface area contributed by atoms with Gasteiger partial charge in [-0.05, 0) is 24.9 Å². The Kier molecular flexibility index (Phi) is 2.59. The van der Waals surface area contributed by atoms with E-state index in [1.54, 1.807) is 6.92 Å². The largest absolute Gasteiger partial charge is 0.388 e. The normalized spacial score (nSPS) is 25.6. The smallest absolute Gasteiger partial charge is 0.162 e. The van der Waals surface area contributed by atoms with Crippen LogP contribution >= 0.6 is 23.1 Å². The zero-order chi connectivity index (χ0) is 11.1. The molecule has 15 heavy (non-hydrogen) atoms. The Balaban J connectivity index is 2.29. The van der Waals surface area contributed by atoms with Crippen LogP contribution in [0.4, 0.5) is 5.00 Å². The molecule has 2 heterocycles. The van der Waals surface area contributed by atoms with E-state index in [0.717, 1.165) is 11.5 Å². The fourth-order valence-corrected chi connectivity index (χ4v) is 2.75. The molecule has 0 aliphatic carbocycles. The lowest BCUT2D eigenvalue weighted by Gasteiger charge is -2.18. The molecule has 2 rings (SSSR count). The molecule has 0 bridgehead atoms. The molecule has 1 aromatic heterocycles. The molecule has 1 unspecified atom stereocenters. The van der Waals surface area contributed by atoms with E-state index in [2.05, 4.69) is 4.37 Å². The monoisotopic (exact) mass is 243 g/mol. The Labute approximate surface area is 96.9 Å². The summed E-state index contributed by atoms with van der Waals surface area (Å²) in [4.78, 5) is 1.96. The molecule has 1 N–H and O–H groups in total. The van der Waals surface area contributed by atoms with E-state index in [-0.39, 0.29) is 5.15 Å². The van der Waals surface area contributed by atoms with Crippen molar-refractivity contribution in [1.82, 2.24) is 4.37 Å². The number of nitrogens with zero attached hydrogens (tertiary/aromatic N) is 3. The average molecular weight is 244 g/mol. The van der Waals surface area contributed by atoms with Gasteiger partial charge in [0.15, 0.2) is 5.15 Å². The van der Waals surface area contributed by atoms with Gasteiger partial charge in [-0.25, -0.2) is 0 Å². The van der Waals surface area contributed by atoms with Crippen LogP contribution in [0.15, 0.2) is 0 Å². The van der Waals surface area contributed by atoms with Gasteiger partial charge in [0.25, 0.3) is 0 Å². The molecular formula is C9H10ClN3OS. The maximum atomic E-state index is 9.82. The van der Waals surface area contributed by atoms with Gasteiger partial charge >= 0.3 is 0 Å². The van der Waals surface area contributed by atoms with Crippen molar-refractivity contribution in [2.24, 2.45) is 0 Å². The van der Waals surface area contributed by atoms with Crippen LogP contribution in [0.25, 0.3) is 0 Å². The minimum atomic E-state index is -0.677. The molecular weight excluding hydrogens is 234 g/mol. The fourth-order valence-electron chi connectivity index (χ4n) is 1.69. The third-order valence-electron chi connectivity index (χ3n) is 2.48. The Morgan fingerprint density at radius 1 is 1.73 bits per heavy atom. The number of anilines is 1. The SMILES string of the molecule is CC1(O)CCN(c2snc(Cl)c2C#N)C1. The Hall–Kier alpha value is -0.830. The summed E-state index contributed by atoms with van der Waals surface area (Å²) in [5.74, 6) is 0. The summed E-state index contributed by atoms with van der Waals surface area (Å²) in [6.07, 6.45) is 0.702. The highest BCUT2D eigenvalue weighted by Gasteiger charge is 2.33. The van der Waals surface area contributed by atoms with E-state index in [0.29, 0.717) is 18.5 Å². The molecule has 6 heteroatoms. The summed E-state index contributed by atoms with van der Waals surface area (Å²) in [5, 5.41) is 19.8. The molecule has 80 valence electrons. The van der Waals surface area contributed by atoms with E-state index in [9.17, 15) is 5.11 Å². The predicted octanol–water partition coefficient (Wildman–Crippen LogP) is 1.63. The summed E-state index contributed by atoms with van der Waals surface area (Å²) in [7, 11) is 0. The number of rotatable bonds is 1. The first kappa shape index (κ1) is 10.7. The number of aliphatic hydroxyl groups is 1. The first-order valence-electron chi connectivity index (χ1n) is 4.56. The molecule has 1 saturated heterocycles. The minimum Gasteiger partial charge on any atom is -0.388 e. The van der Waals surface area contributed by atoms with Crippen LogP contribution in [0.3, 0.4) is 0 Å². The number of nitriles is 1. The van der Waals surface area contributed by atoms with Gasteiger partial charge in [-0.15, -0.1) is 0 Å². The molecule has 0 radical (unpaired) electrons. The van der Waals surface area contributed by atoms with Crippen molar-refractivity contribution in [3.8, 4) is 6.07 Å². The molecule has 0 saturated carbocycles. The van der Waals surface area contributed by atoms with E-state index < -0.39 is 5.60 Å². The summed E-state index contributed by atoms with van der Waals surface area (Å²) in [5.41, 5.74) is -0.261. The Bertz CT molecular complexity index is 423. The van der Waals surface area contributed by atoms with E-state index >= 15 is 0 Å². The van der Waals surface area contributed by atoms with Crippen LogP contribution in [-0.2, 0) is 0 Å². The lowest BCUT2D eigenvalue weighted by molar-refractivity contribution is 0.0840. The molecule has 0 aromatic carbocycles. The van der Waals surface area contributed by atoms with Crippen LogP contribution in [0, 0.1) is 11.3 Å². The highest BCUT2D eigenvalue weighted by atomic mass is 35.5. The van der Waals surface area contributed by atoms with Gasteiger partial charge in [-0.1, -0.05) is 11.6 Å². The topological polar surface area (TPSA) is 60.1 Å². The number of aromatic nitrogens is 1. The second-order valence-corrected chi connectivity index (χ2v) is 5.04. The van der Waals surface area contributed by atoms with Gasteiger partial charge < -0.3 is 10.0 Å². The molecule has 0 spiro atoms. The van der Waals surface area contributed by atoms with Gasteiger partial charge in [0.1, 0.15) is 16.6 Å². The summed E-state index contributed by atoms with van der Waals surface area (Å²) in [6.45, 7) is 3.06. The van der Waals surface area contributed by atoms with E-state index in [4.69, 9.17) is 16.9 Å². The number of halogens is 1. The van der Waals surface area contributed by atoms with Gasteiger partial charge in [0.05, 0.1) is 5.60 Å². The van der Waals surface area contributed by atoms with Crippen LogP contribution in [0.5, 0.6) is 0 Å². The molecule has 0 amide bonds. The lowest BCUT2D eigenvalue weighted by atomic mass is 10.1. The number of hydrogen-bond donors (Lipinski definition) is 1. The van der Waals surface area contributed by atoms with Crippen molar-refractivity contribution in [2.75, 3.05) is 18.0 Å². The third kappa shape index (κ3) is 1.93. The van der Waals surface area contributed by atoms with Gasteiger partial charge in [-0.3, -0.25) is 0 Å². The second-order valence-electron chi connectivity index (χ2n) is 3.93. The molecule has 1 aliphatic rings. The molecule has 1 aromatic rings. The first-order valence-corrected chi connectivity index (χ1v) is 5.71. The lowest BCUT2D eigenvalue weighted by Crippen LogP contribution is -2.29. The molecule has 1 atom stereocenters. The number of hydrogen-bond acceptors (Lipinski definition) is 5. The van der Waals surface area contributed by atoms with Crippen molar-refractivity contribution in [1.29, 1.82) is 5.26 Å². The molecule has 1 fully saturated rings. The van der Waals surface area contributed by atoms with Crippen LogP contribution in [0.2, 0.25) is 5.15 Å². The van der Waals surface area contributed by atoms with Crippen LogP contribution in [0.1, 0.15) is 18.9 Å². The second kappa shape index (κ2) is 3.63. The van der Waals surface area contributed by atoms with Crippen molar-refractivity contribution < 1.29 is 5.11 Å². The molecule has 4 nitrogen and oxygen atoms in total. The van der Waals surface area contributed by atoms with Crippen molar-refractivity contribution in [3.05, 3.63) is 10.7 Å². The zero-order valence-electron chi connectivity index (χ0n) is 8.20. The number of β-amino-alcohol motifs (C(OH)–C–C–N with tert-alkyl or cyclic N) is 1. The maximum absolute atomic E-state index is 9.82. The van der Waals surface area contributed by atoms with E-state index in [1.807, 2.05) is 11.0 Å². The summed E-state index contributed by atoms with van der Waals surface area (Å²) in [6, 6.07) is 2.04. The van der Waals surface area contributed by atoms with Crippen LogP contribution in [-0.4, -0.2) is 28.2 Å². The highest BCUT2D eigenvalue weighted by Crippen LogP contribution is 2.35. The summed E-state index contributed by atoms with van der Waals surface area (Å²) >= 11 is 6.99. The average Bonchev–Trinajstić information content (AvgIpc) is 2.69. The Morgan fingerprint density at radius 2 is 2.47 bits per heavy atom. The van der Waals surface area contributed by atoms with Crippen molar-refractivity contribution >= 4 is 28.1 Å². The van der Waals surface area contributed by atoms with Gasteiger partial charge in [0.2, 0.25) is 0 Å². The van der Waals surface area contributed by atoms with Crippen molar-refractivity contribution in [3.63, 3.8) is 0 Å². The quantitative estimate of drug-likeness (QED) is 0.815. The molecule has 1 aliphatic heterocycles. The fraction of sp³-hybridized carbons (Fsp3) is 0.556. The summed E-state index contributed by atoms with van der Waals surface area (Å²) < 4.78 is 3.94. The van der Waals surface area contributed by atoms with Gasteiger partial charge in [0, 0.05) is 13.1 Å². The standard InChI is InChI=1S/C9H10ClN3OS/c1-9(14)2-3-13(5-9)8-6(4-11)7(10)12-15-8/h14H,2-3,5H2,1H3. The van der Waals surface area contributed by atoms with Gasteiger partial charge in [-0.2, -0.15) is 9.64 Å². The third-order valence-corrected chi connectivity index (χ3v) is 3.77. The zero-order valence-corrected chi connectivity index (χ0v) is 9.77. The highest BCUT2D eigenvalue weighted by molar-refractivity contribution is 7.10. The predicted molar refractivity (Wildman–Crippen MR) is 59.3 cm³/mol. The van der Waals surface area contributed by atoms with E-state index in [1.165, 1.54) is 11.5 Å². The Morgan fingerprint density at radius 3 is 3.00 bits per heavy atom. The van der Waals surface area contributed by atoms with Crippen LogP contribution < -0.4 is 4.90 Å².